The summed E-state index contributed by atoms with van der Waals surface area (Å²) in [6.45, 7) is 4.28. The summed E-state index contributed by atoms with van der Waals surface area (Å²) in [5.41, 5.74) is 1.77. The zero-order chi connectivity index (χ0) is 17.1. The van der Waals surface area contributed by atoms with Gasteiger partial charge in [0.1, 0.15) is 11.5 Å². The van der Waals surface area contributed by atoms with Crippen LogP contribution in [0.15, 0.2) is 36.5 Å². The molecule has 2 heterocycles. The van der Waals surface area contributed by atoms with Crippen molar-refractivity contribution in [3.8, 4) is 0 Å². The van der Waals surface area contributed by atoms with Crippen molar-refractivity contribution >= 4 is 28.9 Å². The van der Waals surface area contributed by atoms with Gasteiger partial charge in [0.15, 0.2) is 0 Å². The van der Waals surface area contributed by atoms with Crippen LogP contribution in [0.3, 0.4) is 0 Å². The number of piperidine rings is 1. The molecular weight excluding hydrogens is 329 g/mol. The fourth-order valence-electron chi connectivity index (χ4n) is 2.90. The van der Waals surface area contributed by atoms with E-state index < -0.39 is 5.82 Å². The molecule has 24 heavy (non-hydrogen) atoms. The van der Waals surface area contributed by atoms with Gasteiger partial charge in [-0.25, -0.2) is 9.37 Å². The number of rotatable bonds is 3. The van der Waals surface area contributed by atoms with E-state index in [1.165, 1.54) is 31.0 Å². The molecule has 126 valence electrons. The molecule has 0 radical (unpaired) electrons. The molecule has 1 aromatic heterocycles. The first kappa shape index (κ1) is 16.7. The van der Waals surface area contributed by atoms with Gasteiger partial charge >= 0.3 is 0 Å². The van der Waals surface area contributed by atoms with Crippen LogP contribution >= 0.6 is 11.6 Å². The van der Waals surface area contributed by atoms with E-state index in [1.807, 2.05) is 6.07 Å². The van der Waals surface area contributed by atoms with Gasteiger partial charge in [-0.1, -0.05) is 18.5 Å². The summed E-state index contributed by atoms with van der Waals surface area (Å²) in [4.78, 5) is 18.8. The molecule has 0 bridgehead atoms. The molecule has 3 rings (SSSR count). The van der Waals surface area contributed by atoms with E-state index in [-0.39, 0.29) is 10.9 Å². The molecule has 1 unspecified atom stereocenters. The SMILES string of the molecule is CC1CCCN(c2ccc(C(=O)Nc3ccc(F)c(Cl)c3)nc2)C1. The average molecular weight is 348 g/mol. The maximum absolute atomic E-state index is 13.1. The van der Waals surface area contributed by atoms with Crippen LogP contribution in [0.4, 0.5) is 15.8 Å². The Labute approximate surface area is 145 Å². The summed E-state index contributed by atoms with van der Waals surface area (Å²) in [5, 5.41) is 2.63. The molecule has 0 saturated carbocycles. The Morgan fingerprint density at radius 2 is 2.21 bits per heavy atom. The van der Waals surface area contributed by atoms with Gasteiger partial charge in [0.2, 0.25) is 0 Å². The topological polar surface area (TPSA) is 45.2 Å². The van der Waals surface area contributed by atoms with E-state index in [2.05, 4.69) is 22.1 Å². The third-order valence-electron chi connectivity index (χ3n) is 4.18. The van der Waals surface area contributed by atoms with Crippen LogP contribution in [0.25, 0.3) is 0 Å². The third-order valence-corrected chi connectivity index (χ3v) is 4.47. The summed E-state index contributed by atoms with van der Waals surface area (Å²) in [7, 11) is 0. The third kappa shape index (κ3) is 3.85. The van der Waals surface area contributed by atoms with Gasteiger partial charge in [-0.3, -0.25) is 4.79 Å². The fourth-order valence-corrected chi connectivity index (χ4v) is 3.08. The number of hydrogen-bond donors (Lipinski definition) is 1. The lowest BCUT2D eigenvalue weighted by molar-refractivity contribution is 0.102. The Bertz CT molecular complexity index is 736. The highest BCUT2D eigenvalue weighted by Gasteiger charge is 2.17. The normalized spacial score (nSPS) is 17.6. The number of hydrogen-bond acceptors (Lipinski definition) is 3. The van der Waals surface area contributed by atoms with Crippen molar-refractivity contribution in [2.75, 3.05) is 23.3 Å². The zero-order valence-corrected chi connectivity index (χ0v) is 14.2. The second-order valence-electron chi connectivity index (χ2n) is 6.18. The molecule has 0 aliphatic carbocycles. The zero-order valence-electron chi connectivity index (χ0n) is 13.4. The predicted octanol–water partition coefficient (Wildman–Crippen LogP) is 4.36. The molecule has 1 aliphatic heterocycles. The van der Waals surface area contributed by atoms with Crippen molar-refractivity contribution in [1.82, 2.24) is 4.98 Å². The van der Waals surface area contributed by atoms with Crippen LogP contribution < -0.4 is 10.2 Å². The van der Waals surface area contributed by atoms with E-state index >= 15 is 0 Å². The van der Waals surface area contributed by atoms with Crippen molar-refractivity contribution in [3.63, 3.8) is 0 Å². The molecule has 1 aromatic carbocycles. The molecule has 1 atom stereocenters. The highest BCUT2D eigenvalue weighted by Crippen LogP contribution is 2.23. The molecule has 2 aromatic rings. The number of anilines is 2. The molecule has 1 N–H and O–H groups in total. The highest BCUT2D eigenvalue weighted by atomic mass is 35.5. The van der Waals surface area contributed by atoms with Crippen LogP contribution in [0.1, 0.15) is 30.3 Å². The largest absolute Gasteiger partial charge is 0.370 e. The average Bonchev–Trinajstić information content (AvgIpc) is 2.58. The smallest absolute Gasteiger partial charge is 0.274 e. The molecule has 1 saturated heterocycles. The second kappa shape index (κ2) is 7.18. The van der Waals surface area contributed by atoms with E-state index in [9.17, 15) is 9.18 Å². The maximum Gasteiger partial charge on any atom is 0.274 e. The molecule has 1 fully saturated rings. The Morgan fingerprint density at radius 3 is 2.88 bits per heavy atom. The van der Waals surface area contributed by atoms with E-state index in [0.29, 0.717) is 17.3 Å². The van der Waals surface area contributed by atoms with Crippen LogP contribution in [0, 0.1) is 11.7 Å². The summed E-state index contributed by atoms with van der Waals surface area (Å²) >= 11 is 5.71. The van der Waals surface area contributed by atoms with Gasteiger partial charge in [-0.15, -0.1) is 0 Å². The van der Waals surface area contributed by atoms with Crippen molar-refractivity contribution in [1.29, 1.82) is 0 Å². The van der Waals surface area contributed by atoms with Gasteiger partial charge in [-0.05, 0) is 49.1 Å². The second-order valence-corrected chi connectivity index (χ2v) is 6.59. The number of aromatic nitrogens is 1. The molecule has 6 heteroatoms. The van der Waals surface area contributed by atoms with Crippen LogP contribution in [0.2, 0.25) is 5.02 Å². The van der Waals surface area contributed by atoms with Crippen molar-refractivity contribution in [2.24, 2.45) is 5.92 Å². The minimum Gasteiger partial charge on any atom is -0.370 e. The molecule has 1 aliphatic rings. The van der Waals surface area contributed by atoms with Gasteiger partial charge in [0, 0.05) is 18.8 Å². The Kier molecular flexibility index (Phi) is 5.00. The molecular formula is C18H19ClFN3O. The first-order valence-electron chi connectivity index (χ1n) is 8.00. The van der Waals surface area contributed by atoms with E-state index in [0.717, 1.165) is 18.8 Å². The van der Waals surface area contributed by atoms with Gasteiger partial charge in [0.25, 0.3) is 5.91 Å². The number of carbonyl (C=O) groups excluding carboxylic acids is 1. The molecule has 1 amide bonds. The van der Waals surface area contributed by atoms with Crippen molar-refractivity contribution < 1.29 is 9.18 Å². The van der Waals surface area contributed by atoms with E-state index in [1.54, 1.807) is 12.3 Å². The van der Waals surface area contributed by atoms with Crippen LogP contribution in [-0.2, 0) is 0 Å². The fraction of sp³-hybridized carbons (Fsp3) is 0.333. The number of benzene rings is 1. The minimum absolute atomic E-state index is 0.0321. The van der Waals surface area contributed by atoms with Crippen molar-refractivity contribution in [3.05, 3.63) is 53.1 Å². The summed E-state index contributed by atoms with van der Waals surface area (Å²) < 4.78 is 13.1. The molecule has 0 spiro atoms. The van der Waals surface area contributed by atoms with E-state index in [4.69, 9.17) is 11.6 Å². The first-order chi connectivity index (χ1) is 11.5. The first-order valence-corrected chi connectivity index (χ1v) is 8.38. The Balaban J connectivity index is 1.68. The summed E-state index contributed by atoms with van der Waals surface area (Å²) in [6.07, 6.45) is 4.16. The number of halogens is 2. The lowest BCUT2D eigenvalue weighted by Crippen LogP contribution is -2.34. The summed E-state index contributed by atoms with van der Waals surface area (Å²) in [5.74, 6) is -0.200. The molecule has 4 nitrogen and oxygen atoms in total. The quantitative estimate of drug-likeness (QED) is 0.897. The van der Waals surface area contributed by atoms with Crippen molar-refractivity contribution in [2.45, 2.75) is 19.8 Å². The Hall–Kier alpha value is -2.14. The highest BCUT2D eigenvalue weighted by molar-refractivity contribution is 6.31. The minimum atomic E-state index is -0.520. The van der Waals surface area contributed by atoms with Crippen LogP contribution in [-0.4, -0.2) is 24.0 Å². The number of nitrogens with one attached hydrogen (secondary N) is 1. The lowest BCUT2D eigenvalue weighted by Gasteiger charge is -2.32. The monoisotopic (exact) mass is 347 g/mol. The van der Waals surface area contributed by atoms with Crippen LogP contribution in [0.5, 0.6) is 0 Å². The number of nitrogens with zero attached hydrogens (tertiary/aromatic N) is 2. The predicted molar refractivity (Wildman–Crippen MR) is 94.2 cm³/mol. The van der Waals surface area contributed by atoms with Gasteiger partial charge in [0.05, 0.1) is 16.9 Å². The maximum atomic E-state index is 13.1. The summed E-state index contributed by atoms with van der Waals surface area (Å²) in [6, 6.07) is 7.67. The van der Waals surface area contributed by atoms with Gasteiger partial charge in [-0.2, -0.15) is 0 Å². The number of pyridine rings is 1. The Morgan fingerprint density at radius 1 is 1.38 bits per heavy atom. The van der Waals surface area contributed by atoms with Gasteiger partial charge < -0.3 is 10.2 Å². The number of carbonyl (C=O) groups is 1. The lowest BCUT2D eigenvalue weighted by atomic mass is 10.00. The number of amides is 1. The standard InChI is InChI=1S/C18H19ClFN3O/c1-12-3-2-8-23(11-12)14-5-7-17(21-10-14)18(24)22-13-4-6-16(20)15(19)9-13/h4-7,9-10,12H,2-3,8,11H2,1H3,(H,22,24).